The lowest BCUT2D eigenvalue weighted by atomic mass is 10.1. The van der Waals surface area contributed by atoms with Gasteiger partial charge in [0.15, 0.2) is 5.82 Å². The lowest BCUT2D eigenvalue weighted by Gasteiger charge is -2.24. The molecule has 0 aliphatic carbocycles. The molecule has 3 aromatic rings. The van der Waals surface area contributed by atoms with Crippen molar-refractivity contribution in [3.63, 3.8) is 0 Å². The van der Waals surface area contributed by atoms with E-state index < -0.39 is 6.10 Å². The van der Waals surface area contributed by atoms with Crippen molar-refractivity contribution >= 4 is 11.6 Å². The van der Waals surface area contributed by atoms with Crippen LogP contribution in [0.15, 0.2) is 30.3 Å². The van der Waals surface area contributed by atoms with Gasteiger partial charge in [-0.05, 0) is 58.9 Å². The smallest absolute Gasteiger partial charge is 0.164 e. The summed E-state index contributed by atoms with van der Waals surface area (Å²) in [6, 6.07) is 10.4. The van der Waals surface area contributed by atoms with E-state index in [-0.39, 0.29) is 12.6 Å². The van der Waals surface area contributed by atoms with Crippen LogP contribution in [0, 0.1) is 20.8 Å². The number of benzene rings is 1. The lowest BCUT2D eigenvalue weighted by molar-refractivity contribution is 0.108. The normalized spacial score (nSPS) is 20.2. The van der Waals surface area contributed by atoms with Crippen LogP contribution in [0.1, 0.15) is 35.8 Å². The number of ether oxygens (including phenoxy) is 2. The Morgan fingerprint density at radius 2 is 2.05 bits per heavy atom. The zero-order valence-corrected chi connectivity index (χ0v) is 22.8. The number of aromatic nitrogens is 4. The highest BCUT2D eigenvalue weighted by Crippen LogP contribution is 2.34. The van der Waals surface area contributed by atoms with Crippen LogP contribution in [0.4, 0.5) is 11.6 Å². The molecule has 10 heteroatoms. The van der Waals surface area contributed by atoms with E-state index in [1.165, 1.54) is 5.69 Å². The molecule has 0 amide bonds. The van der Waals surface area contributed by atoms with E-state index in [1.54, 1.807) is 7.05 Å². The Labute approximate surface area is 224 Å². The average molecular weight is 522 g/mol. The Morgan fingerprint density at radius 1 is 1.18 bits per heavy atom. The van der Waals surface area contributed by atoms with E-state index in [1.807, 2.05) is 31.2 Å². The average Bonchev–Trinajstić information content (AvgIpc) is 3.66. The molecule has 2 aliphatic heterocycles. The number of aliphatic hydroxyl groups excluding tert-OH is 1. The minimum Gasteiger partial charge on any atom is -0.491 e. The van der Waals surface area contributed by atoms with Crippen molar-refractivity contribution in [3.05, 3.63) is 47.3 Å². The molecule has 0 saturated carbocycles. The number of nitrogens with one attached hydrogen (secondary N) is 2. The van der Waals surface area contributed by atoms with Gasteiger partial charge in [0.1, 0.15) is 30.1 Å². The minimum atomic E-state index is -0.583. The SMILES string of the molecule is CNCC(O)COc1cccc(-c2nc(N[C@@H]3CCOC3)c(C)c(N3CC[C@@H](n4nc(C)cc4C)C3)n2)c1. The fourth-order valence-corrected chi connectivity index (χ4v) is 5.29. The molecule has 0 bridgehead atoms. The zero-order chi connectivity index (χ0) is 26.6. The second kappa shape index (κ2) is 11.7. The van der Waals surface area contributed by atoms with Crippen LogP contribution >= 0.6 is 0 Å². The van der Waals surface area contributed by atoms with Crippen LogP contribution in [-0.4, -0.2) is 83.5 Å². The van der Waals surface area contributed by atoms with Gasteiger partial charge in [-0.2, -0.15) is 5.10 Å². The number of hydrogen-bond donors (Lipinski definition) is 3. The molecule has 0 radical (unpaired) electrons. The monoisotopic (exact) mass is 521 g/mol. The third-order valence-corrected chi connectivity index (χ3v) is 7.22. The maximum Gasteiger partial charge on any atom is 0.164 e. The van der Waals surface area contributed by atoms with Crippen molar-refractivity contribution in [3.8, 4) is 17.1 Å². The van der Waals surface area contributed by atoms with Gasteiger partial charge in [0.2, 0.25) is 0 Å². The van der Waals surface area contributed by atoms with Crippen molar-refractivity contribution in [2.75, 3.05) is 56.7 Å². The molecule has 10 nitrogen and oxygen atoms in total. The van der Waals surface area contributed by atoms with Crippen molar-refractivity contribution in [2.45, 2.75) is 51.8 Å². The second-order valence-corrected chi connectivity index (χ2v) is 10.4. The van der Waals surface area contributed by atoms with Crippen LogP contribution < -0.4 is 20.3 Å². The summed E-state index contributed by atoms with van der Waals surface area (Å²) in [5.41, 5.74) is 4.14. The van der Waals surface area contributed by atoms with E-state index >= 15 is 0 Å². The number of anilines is 2. The molecule has 3 atom stereocenters. The summed E-state index contributed by atoms with van der Waals surface area (Å²) < 4.78 is 13.6. The van der Waals surface area contributed by atoms with Crippen molar-refractivity contribution in [1.82, 2.24) is 25.1 Å². The summed E-state index contributed by atoms with van der Waals surface area (Å²) >= 11 is 0. The highest BCUT2D eigenvalue weighted by Gasteiger charge is 2.29. The standard InChI is InChI=1S/C28H39N7O3/c1-18-12-19(2)35(33-18)23-8-10-34(15-23)28-20(3)26(30-22-9-11-37-16-22)31-27(32-28)21-6-5-7-25(13-21)38-17-24(36)14-29-4/h5-7,12-13,22-24,29,36H,8-11,14-17H2,1-4H3,(H,30,31,32)/t22-,23-,24?/m1/s1. The molecule has 4 heterocycles. The van der Waals surface area contributed by atoms with E-state index in [9.17, 15) is 5.11 Å². The Morgan fingerprint density at radius 3 is 2.79 bits per heavy atom. The van der Waals surface area contributed by atoms with Gasteiger partial charge in [-0.3, -0.25) is 4.68 Å². The van der Waals surface area contributed by atoms with E-state index in [0.29, 0.717) is 30.8 Å². The third-order valence-electron chi connectivity index (χ3n) is 7.22. The van der Waals surface area contributed by atoms with Gasteiger partial charge in [-0.1, -0.05) is 12.1 Å². The Hall–Kier alpha value is -3.21. The molecule has 5 rings (SSSR count). The fourth-order valence-electron chi connectivity index (χ4n) is 5.29. The third kappa shape index (κ3) is 5.92. The van der Waals surface area contributed by atoms with E-state index in [0.717, 1.165) is 61.0 Å². The second-order valence-electron chi connectivity index (χ2n) is 10.4. The number of aliphatic hydroxyl groups is 1. The molecule has 2 fully saturated rings. The predicted molar refractivity (Wildman–Crippen MR) is 148 cm³/mol. The van der Waals surface area contributed by atoms with Gasteiger partial charge < -0.3 is 30.1 Å². The summed E-state index contributed by atoms with van der Waals surface area (Å²) in [4.78, 5) is 12.4. The van der Waals surface area contributed by atoms with Crippen LogP contribution in [-0.2, 0) is 4.74 Å². The first-order valence-corrected chi connectivity index (χ1v) is 13.5. The highest BCUT2D eigenvalue weighted by atomic mass is 16.5. The Balaban J connectivity index is 1.44. The Bertz CT molecular complexity index is 1240. The van der Waals surface area contributed by atoms with Gasteiger partial charge in [0.05, 0.1) is 24.4 Å². The largest absolute Gasteiger partial charge is 0.491 e. The molecule has 0 spiro atoms. The summed E-state index contributed by atoms with van der Waals surface area (Å²) in [6.07, 6.45) is 1.38. The van der Waals surface area contributed by atoms with Crippen molar-refractivity contribution in [2.24, 2.45) is 0 Å². The minimum absolute atomic E-state index is 0.209. The molecular formula is C28H39N7O3. The van der Waals surface area contributed by atoms with Gasteiger partial charge in [-0.15, -0.1) is 0 Å². The van der Waals surface area contributed by atoms with Crippen molar-refractivity contribution in [1.29, 1.82) is 0 Å². The maximum atomic E-state index is 10.0. The van der Waals surface area contributed by atoms with Crippen molar-refractivity contribution < 1.29 is 14.6 Å². The molecule has 38 heavy (non-hydrogen) atoms. The Kier molecular flexibility index (Phi) is 8.11. The lowest BCUT2D eigenvalue weighted by Crippen LogP contribution is -2.29. The quantitative estimate of drug-likeness (QED) is 0.371. The summed E-state index contributed by atoms with van der Waals surface area (Å²) in [5.74, 6) is 3.10. The van der Waals surface area contributed by atoms with Crippen LogP contribution in [0.25, 0.3) is 11.4 Å². The number of rotatable bonds is 10. The number of nitrogens with zero attached hydrogens (tertiary/aromatic N) is 5. The number of likely N-dealkylation sites (N-methyl/N-ethyl adjacent to an activating group) is 1. The molecule has 2 saturated heterocycles. The molecule has 2 aromatic heterocycles. The highest BCUT2D eigenvalue weighted by molar-refractivity contribution is 5.67. The first-order valence-electron chi connectivity index (χ1n) is 13.5. The first-order chi connectivity index (χ1) is 18.4. The predicted octanol–water partition coefficient (Wildman–Crippen LogP) is 2.88. The van der Waals surface area contributed by atoms with E-state index in [2.05, 4.69) is 40.1 Å². The van der Waals surface area contributed by atoms with Crippen LogP contribution in [0.3, 0.4) is 0 Å². The maximum absolute atomic E-state index is 10.0. The van der Waals surface area contributed by atoms with E-state index in [4.69, 9.17) is 24.5 Å². The summed E-state index contributed by atoms with van der Waals surface area (Å²) in [5, 5.41) is 21.3. The summed E-state index contributed by atoms with van der Waals surface area (Å²) in [6.45, 7) is 10.1. The van der Waals surface area contributed by atoms with Gasteiger partial charge >= 0.3 is 0 Å². The number of aryl methyl sites for hydroxylation is 2. The van der Waals surface area contributed by atoms with Gasteiger partial charge in [-0.25, -0.2) is 9.97 Å². The number of hydrogen-bond acceptors (Lipinski definition) is 9. The molecule has 204 valence electrons. The van der Waals surface area contributed by atoms with Gasteiger partial charge in [0, 0.05) is 43.1 Å². The zero-order valence-electron chi connectivity index (χ0n) is 22.8. The molecule has 1 aromatic carbocycles. The summed E-state index contributed by atoms with van der Waals surface area (Å²) in [7, 11) is 1.80. The molecule has 2 aliphatic rings. The van der Waals surface area contributed by atoms with Crippen LogP contribution in [0.2, 0.25) is 0 Å². The fraction of sp³-hybridized carbons (Fsp3) is 0.536. The molecular weight excluding hydrogens is 482 g/mol. The first kappa shape index (κ1) is 26.4. The molecule has 1 unspecified atom stereocenters. The topological polar surface area (TPSA) is 110 Å². The molecule has 3 N–H and O–H groups in total. The van der Waals surface area contributed by atoms with Crippen LogP contribution in [0.5, 0.6) is 5.75 Å². The van der Waals surface area contributed by atoms with Gasteiger partial charge in [0.25, 0.3) is 0 Å².